The van der Waals surface area contributed by atoms with E-state index in [0.29, 0.717) is 0 Å². The number of benzene rings is 1. The zero-order chi connectivity index (χ0) is 23.3. The number of H-pyrrole nitrogens is 2. The van der Waals surface area contributed by atoms with Gasteiger partial charge in [0, 0.05) is 27.6 Å². The van der Waals surface area contributed by atoms with Crippen LogP contribution >= 0.6 is 0 Å². The molecule has 0 aliphatic carbocycles. The van der Waals surface area contributed by atoms with Gasteiger partial charge in [0.1, 0.15) is 0 Å². The lowest BCUT2D eigenvalue weighted by molar-refractivity contribution is 0.483. The third-order valence-corrected chi connectivity index (χ3v) is 6.50. The van der Waals surface area contributed by atoms with E-state index in [1.54, 1.807) is 12.1 Å². The molecule has 7 nitrogen and oxygen atoms in total. The molecular weight excluding hydrogens is 448 g/mol. The fourth-order valence-electron chi connectivity index (χ4n) is 4.06. The van der Waals surface area contributed by atoms with Crippen molar-refractivity contribution in [3.63, 3.8) is 0 Å². The second-order valence-corrected chi connectivity index (χ2v) is 9.51. The molecule has 0 saturated heterocycles. The number of hydrogen-bond donors (Lipinski definition) is 3. The Morgan fingerprint density at radius 3 is 1.85 bits per heavy atom. The van der Waals surface area contributed by atoms with Gasteiger partial charge in [0.25, 0.3) is 10.1 Å². The van der Waals surface area contributed by atoms with E-state index in [2.05, 4.69) is 19.9 Å². The number of rotatable bonds is 2. The smallest absolute Gasteiger partial charge is 0.294 e. The molecule has 166 valence electrons. The van der Waals surface area contributed by atoms with Crippen LogP contribution in [0.3, 0.4) is 0 Å². The van der Waals surface area contributed by atoms with Crippen LogP contribution in [0.5, 0.6) is 0 Å². The molecule has 8 heteroatoms. The number of nitrogens with zero attached hydrogens (tertiary/aromatic N) is 2. The SMILES string of the molecule is O=S(=O)(O)c1ccc(-c2cc3cc4ccc(cc5nc(cc6nc(cc2[nH]3)C=C6)C=C5)[nH]4)cc1. The van der Waals surface area contributed by atoms with Crippen LogP contribution in [0.1, 0.15) is 22.8 Å². The Balaban J connectivity index is 1.62. The van der Waals surface area contributed by atoms with E-state index in [9.17, 15) is 13.0 Å². The molecule has 5 heterocycles. The molecule has 0 fully saturated rings. The first kappa shape index (κ1) is 20.3. The second kappa shape index (κ2) is 7.65. The minimum atomic E-state index is -4.26. The highest BCUT2D eigenvalue weighted by Crippen LogP contribution is 2.28. The summed E-state index contributed by atoms with van der Waals surface area (Å²) in [4.78, 5) is 16.0. The van der Waals surface area contributed by atoms with E-state index in [1.165, 1.54) is 12.1 Å². The highest BCUT2D eigenvalue weighted by atomic mass is 32.2. The monoisotopic (exact) mass is 466 g/mol. The summed E-state index contributed by atoms with van der Waals surface area (Å²) in [7, 11) is -4.26. The molecule has 3 N–H and O–H groups in total. The molecule has 0 atom stereocenters. The van der Waals surface area contributed by atoms with E-state index < -0.39 is 10.1 Å². The van der Waals surface area contributed by atoms with Gasteiger partial charge in [0.15, 0.2) is 0 Å². The van der Waals surface area contributed by atoms with Crippen LogP contribution in [0.25, 0.3) is 57.5 Å². The van der Waals surface area contributed by atoms with E-state index in [1.807, 2.05) is 66.8 Å². The average molecular weight is 467 g/mol. The van der Waals surface area contributed by atoms with Gasteiger partial charge in [0.05, 0.1) is 27.7 Å². The normalized spacial score (nSPS) is 12.9. The van der Waals surface area contributed by atoms with Gasteiger partial charge in [0.2, 0.25) is 0 Å². The lowest BCUT2D eigenvalue weighted by Crippen LogP contribution is -1.97. The van der Waals surface area contributed by atoms with Crippen molar-refractivity contribution in [1.29, 1.82) is 0 Å². The van der Waals surface area contributed by atoms with E-state index in [-0.39, 0.29) is 4.90 Å². The van der Waals surface area contributed by atoms with Crippen molar-refractivity contribution in [1.82, 2.24) is 19.9 Å². The number of aromatic amines is 2. The van der Waals surface area contributed by atoms with Crippen molar-refractivity contribution >= 4 is 56.5 Å². The first-order valence-corrected chi connectivity index (χ1v) is 12.0. The van der Waals surface area contributed by atoms with Gasteiger partial charge in [-0.15, -0.1) is 0 Å². The predicted molar refractivity (Wildman–Crippen MR) is 134 cm³/mol. The van der Waals surface area contributed by atoms with Gasteiger partial charge in [-0.1, -0.05) is 12.1 Å². The van der Waals surface area contributed by atoms with Crippen molar-refractivity contribution < 1.29 is 13.0 Å². The molecule has 2 aliphatic heterocycles. The van der Waals surface area contributed by atoms with Gasteiger partial charge in [-0.25, -0.2) is 9.97 Å². The molecule has 4 aromatic rings. The summed E-state index contributed by atoms with van der Waals surface area (Å²) >= 11 is 0. The van der Waals surface area contributed by atoms with Crippen LogP contribution in [0.15, 0.2) is 71.6 Å². The van der Waals surface area contributed by atoms with Crippen molar-refractivity contribution in [3.05, 3.63) is 89.5 Å². The molecule has 0 saturated carbocycles. The second-order valence-electron chi connectivity index (χ2n) is 8.09. The highest BCUT2D eigenvalue weighted by Gasteiger charge is 2.11. The Morgan fingerprint density at radius 1 is 0.618 bits per heavy atom. The Morgan fingerprint density at radius 2 is 1.21 bits per heavy atom. The Labute approximate surface area is 194 Å². The van der Waals surface area contributed by atoms with Crippen molar-refractivity contribution in [3.8, 4) is 11.1 Å². The van der Waals surface area contributed by atoms with E-state index in [4.69, 9.17) is 0 Å². The Kier molecular flexibility index (Phi) is 4.58. The third-order valence-electron chi connectivity index (χ3n) is 5.63. The summed E-state index contributed by atoms with van der Waals surface area (Å²) in [5.74, 6) is 0. The molecule has 0 amide bonds. The van der Waals surface area contributed by atoms with Crippen LogP contribution in [0.4, 0.5) is 0 Å². The topological polar surface area (TPSA) is 112 Å². The standard InChI is InChI=1S/C26H18N4O3S/c31-34(32,33)24-9-1-16(2-10-24)25-14-23-13-21-6-5-19(28-21)11-17-3-4-18(27-17)12-20-7-8-22(29-20)15-26(25)30-23/h1-15,28,30H,(H,31,32,33). The van der Waals surface area contributed by atoms with Gasteiger partial charge in [-0.3, -0.25) is 4.55 Å². The molecule has 3 aromatic heterocycles. The summed E-state index contributed by atoms with van der Waals surface area (Å²) in [5, 5.41) is 0. The van der Waals surface area contributed by atoms with Crippen LogP contribution in [-0.4, -0.2) is 32.9 Å². The first-order chi connectivity index (χ1) is 16.4. The highest BCUT2D eigenvalue weighted by molar-refractivity contribution is 7.85. The molecule has 8 bridgehead atoms. The minimum absolute atomic E-state index is 0.146. The number of aromatic nitrogens is 4. The maximum Gasteiger partial charge on any atom is 0.294 e. The molecule has 1 aromatic carbocycles. The van der Waals surface area contributed by atoms with Crippen molar-refractivity contribution in [2.45, 2.75) is 4.90 Å². The first-order valence-electron chi connectivity index (χ1n) is 10.6. The van der Waals surface area contributed by atoms with Crippen LogP contribution in [-0.2, 0) is 10.1 Å². The maximum atomic E-state index is 11.4. The van der Waals surface area contributed by atoms with Crippen LogP contribution < -0.4 is 0 Å². The fraction of sp³-hybridized carbons (Fsp3) is 0. The van der Waals surface area contributed by atoms with E-state index >= 15 is 0 Å². The summed E-state index contributed by atoms with van der Waals surface area (Å²) in [6.45, 7) is 0. The fourth-order valence-corrected chi connectivity index (χ4v) is 4.54. The molecule has 0 spiro atoms. The predicted octanol–water partition coefficient (Wildman–Crippen LogP) is 5.57. The van der Waals surface area contributed by atoms with Gasteiger partial charge in [-0.05, 0) is 84.5 Å². The summed E-state index contributed by atoms with van der Waals surface area (Å²) in [5.41, 5.74) is 8.53. The molecule has 34 heavy (non-hydrogen) atoms. The number of hydrogen-bond acceptors (Lipinski definition) is 4. The van der Waals surface area contributed by atoms with Crippen LogP contribution in [0, 0.1) is 0 Å². The maximum absolute atomic E-state index is 11.4. The minimum Gasteiger partial charge on any atom is -0.355 e. The number of fused-ring (bicyclic) bond motifs is 8. The summed E-state index contributed by atoms with van der Waals surface area (Å²) in [6, 6.07) is 20.0. The Hall–Kier alpha value is -4.27. The van der Waals surface area contributed by atoms with Gasteiger partial charge < -0.3 is 9.97 Å². The van der Waals surface area contributed by atoms with E-state index in [0.717, 1.165) is 56.0 Å². The third kappa shape index (κ3) is 3.96. The summed E-state index contributed by atoms with van der Waals surface area (Å²) in [6.07, 6.45) is 7.81. The molecule has 0 unspecified atom stereocenters. The quantitative estimate of drug-likeness (QED) is 0.289. The molecule has 2 aliphatic rings. The van der Waals surface area contributed by atoms with Gasteiger partial charge >= 0.3 is 0 Å². The molecule has 6 rings (SSSR count). The van der Waals surface area contributed by atoms with Gasteiger partial charge in [-0.2, -0.15) is 8.42 Å². The Bertz CT molecular complexity index is 1780. The summed E-state index contributed by atoms with van der Waals surface area (Å²) < 4.78 is 32.2. The van der Waals surface area contributed by atoms with Crippen molar-refractivity contribution in [2.75, 3.05) is 0 Å². The van der Waals surface area contributed by atoms with Crippen molar-refractivity contribution in [2.24, 2.45) is 0 Å². The molecular formula is C26H18N4O3S. The largest absolute Gasteiger partial charge is 0.355 e. The average Bonchev–Trinajstić information content (AvgIpc) is 3.58. The lowest BCUT2D eigenvalue weighted by Gasteiger charge is -2.01. The molecule has 0 radical (unpaired) electrons. The number of nitrogens with one attached hydrogen (secondary N) is 2. The lowest BCUT2D eigenvalue weighted by atomic mass is 10.1. The zero-order valence-corrected chi connectivity index (χ0v) is 18.5. The zero-order valence-electron chi connectivity index (χ0n) is 17.7. The van der Waals surface area contributed by atoms with Crippen LogP contribution in [0.2, 0.25) is 0 Å².